The summed E-state index contributed by atoms with van der Waals surface area (Å²) >= 11 is 1.12. The van der Waals surface area contributed by atoms with Crippen LogP contribution in [-0.2, 0) is 22.7 Å². The molecule has 168 valence electrons. The molecular weight excluding hydrogens is 438 g/mol. The van der Waals surface area contributed by atoms with E-state index in [4.69, 9.17) is 4.74 Å². The monoisotopic (exact) mass is 461 g/mol. The number of fused-ring (bicyclic) bond motifs is 1. The standard InChI is InChI=1S/C25H23N3O4S/c1-16-21-23(33-22(16)25(31)32-14-18-9-5-3-6-10-18)26-15-28(24(21)30)13-20(29)27-17(2)19-11-7-4-8-12-19/h3-12,15,17H,13-14H2,1-2H3,(H,27,29). The third kappa shape index (κ3) is 5.01. The Balaban J connectivity index is 1.50. The summed E-state index contributed by atoms with van der Waals surface area (Å²) in [6.45, 7) is 3.56. The van der Waals surface area contributed by atoms with Crippen LogP contribution in [0, 0.1) is 6.92 Å². The normalized spacial score (nSPS) is 11.8. The predicted octanol–water partition coefficient (Wildman–Crippen LogP) is 4.00. The lowest BCUT2D eigenvalue weighted by Gasteiger charge is -2.14. The van der Waals surface area contributed by atoms with Crippen LogP contribution in [0.3, 0.4) is 0 Å². The number of carbonyl (C=O) groups is 2. The highest BCUT2D eigenvalue weighted by atomic mass is 32.1. The van der Waals surface area contributed by atoms with E-state index in [2.05, 4.69) is 10.3 Å². The molecule has 4 rings (SSSR count). The molecule has 8 heteroatoms. The Morgan fingerprint density at radius 1 is 1.09 bits per heavy atom. The lowest BCUT2D eigenvalue weighted by Crippen LogP contribution is -2.34. The molecule has 0 saturated heterocycles. The molecule has 0 aliphatic heterocycles. The van der Waals surface area contributed by atoms with E-state index in [0.29, 0.717) is 20.7 Å². The highest BCUT2D eigenvalue weighted by Gasteiger charge is 2.21. The number of carbonyl (C=O) groups excluding carboxylic acids is 2. The van der Waals surface area contributed by atoms with Gasteiger partial charge in [-0.05, 0) is 30.5 Å². The number of esters is 1. The Morgan fingerprint density at radius 2 is 1.76 bits per heavy atom. The van der Waals surface area contributed by atoms with Gasteiger partial charge in [0, 0.05) is 0 Å². The topological polar surface area (TPSA) is 90.3 Å². The molecule has 0 radical (unpaired) electrons. The molecule has 0 aliphatic rings. The van der Waals surface area contributed by atoms with Crippen molar-refractivity contribution in [2.45, 2.75) is 33.0 Å². The first-order chi connectivity index (χ1) is 15.9. The van der Waals surface area contributed by atoms with Crippen molar-refractivity contribution < 1.29 is 14.3 Å². The van der Waals surface area contributed by atoms with Gasteiger partial charge in [-0.25, -0.2) is 9.78 Å². The lowest BCUT2D eigenvalue weighted by molar-refractivity contribution is -0.122. The van der Waals surface area contributed by atoms with Gasteiger partial charge in [0.2, 0.25) is 5.91 Å². The van der Waals surface area contributed by atoms with Crippen LogP contribution in [0.4, 0.5) is 0 Å². The van der Waals surface area contributed by atoms with Crippen LogP contribution in [0.5, 0.6) is 0 Å². The zero-order valence-corrected chi connectivity index (χ0v) is 19.1. The van der Waals surface area contributed by atoms with Crippen molar-refractivity contribution in [3.8, 4) is 0 Å². The van der Waals surface area contributed by atoms with Gasteiger partial charge in [0.15, 0.2) is 0 Å². The Labute approximate surface area is 194 Å². The van der Waals surface area contributed by atoms with E-state index in [1.54, 1.807) is 6.92 Å². The molecule has 4 aromatic rings. The van der Waals surface area contributed by atoms with E-state index >= 15 is 0 Å². The van der Waals surface area contributed by atoms with Gasteiger partial charge in [0.25, 0.3) is 5.56 Å². The Morgan fingerprint density at radius 3 is 2.45 bits per heavy atom. The lowest BCUT2D eigenvalue weighted by atomic mass is 10.1. The molecule has 0 bridgehead atoms. The predicted molar refractivity (Wildman–Crippen MR) is 127 cm³/mol. The number of aromatic nitrogens is 2. The Hall–Kier alpha value is -3.78. The second-order valence-electron chi connectivity index (χ2n) is 7.68. The molecule has 1 unspecified atom stereocenters. The quantitative estimate of drug-likeness (QED) is 0.420. The van der Waals surface area contributed by atoms with Crippen LogP contribution in [0.2, 0.25) is 0 Å². The van der Waals surface area contributed by atoms with E-state index in [1.165, 1.54) is 10.9 Å². The van der Waals surface area contributed by atoms with Gasteiger partial charge >= 0.3 is 5.97 Å². The van der Waals surface area contributed by atoms with Crippen molar-refractivity contribution in [2.24, 2.45) is 0 Å². The van der Waals surface area contributed by atoms with Crippen molar-refractivity contribution in [1.29, 1.82) is 0 Å². The second kappa shape index (κ2) is 9.79. The summed E-state index contributed by atoms with van der Waals surface area (Å²) < 4.78 is 6.67. The maximum absolute atomic E-state index is 13.1. The van der Waals surface area contributed by atoms with E-state index in [9.17, 15) is 14.4 Å². The van der Waals surface area contributed by atoms with Crippen LogP contribution >= 0.6 is 11.3 Å². The minimum absolute atomic E-state index is 0.144. The van der Waals surface area contributed by atoms with Gasteiger partial charge in [0.05, 0.1) is 17.8 Å². The molecule has 0 aliphatic carbocycles. The van der Waals surface area contributed by atoms with Gasteiger partial charge in [-0.2, -0.15) is 0 Å². The fourth-order valence-electron chi connectivity index (χ4n) is 3.52. The molecule has 7 nitrogen and oxygen atoms in total. The molecular formula is C25H23N3O4S. The first-order valence-corrected chi connectivity index (χ1v) is 11.3. The van der Waals surface area contributed by atoms with E-state index in [-0.39, 0.29) is 30.7 Å². The van der Waals surface area contributed by atoms with Crippen LogP contribution in [0.15, 0.2) is 71.8 Å². The molecule has 2 heterocycles. The zero-order chi connectivity index (χ0) is 23.4. The largest absolute Gasteiger partial charge is 0.457 e. The average molecular weight is 462 g/mol. The molecule has 2 aromatic carbocycles. The van der Waals surface area contributed by atoms with Gasteiger partial charge < -0.3 is 10.1 Å². The maximum Gasteiger partial charge on any atom is 0.349 e. The third-order valence-electron chi connectivity index (χ3n) is 5.31. The minimum Gasteiger partial charge on any atom is -0.457 e. The van der Waals surface area contributed by atoms with Crippen molar-refractivity contribution in [3.05, 3.63) is 98.9 Å². The highest BCUT2D eigenvalue weighted by Crippen LogP contribution is 2.27. The number of nitrogens with one attached hydrogen (secondary N) is 1. The number of thiophene rings is 1. The summed E-state index contributed by atoms with van der Waals surface area (Å²) in [6, 6.07) is 18.8. The molecule has 1 amide bonds. The molecule has 2 aromatic heterocycles. The van der Waals surface area contributed by atoms with Crippen LogP contribution in [0.1, 0.15) is 39.3 Å². The molecule has 0 saturated carbocycles. The number of amides is 1. The number of benzene rings is 2. The number of hydrogen-bond acceptors (Lipinski definition) is 6. The first-order valence-electron chi connectivity index (χ1n) is 10.5. The SMILES string of the molecule is Cc1c(C(=O)OCc2ccccc2)sc2ncn(CC(=O)NC(C)c3ccccc3)c(=O)c12. The molecule has 1 N–H and O–H groups in total. The number of rotatable bonds is 7. The summed E-state index contributed by atoms with van der Waals surface area (Å²) in [5.74, 6) is -0.801. The molecule has 0 fully saturated rings. The Kier molecular flexibility index (Phi) is 6.65. The maximum atomic E-state index is 13.1. The number of ether oxygens (including phenoxy) is 1. The third-order valence-corrected chi connectivity index (χ3v) is 6.49. The van der Waals surface area contributed by atoms with E-state index < -0.39 is 5.97 Å². The molecule has 33 heavy (non-hydrogen) atoms. The Bertz CT molecular complexity index is 1350. The summed E-state index contributed by atoms with van der Waals surface area (Å²) in [6.07, 6.45) is 1.34. The molecule has 0 spiro atoms. The van der Waals surface area contributed by atoms with Crippen molar-refractivity contribution in [3.63, 3.8) is 0 Å². The summed E-state index contributed by atoms with van der Waals surface area (Å²) in [4.78, 5) is 43.3. The zero-order valence-electron chi connectivity index (χ0n) is 18.3. The summed E-state index contributed by atoms with van der Waals surface area (Å²) in [5, 5.41) is 3.22. The number of hydrogen-bond donors (Lipinski definition) is 1. The van der Waals surface area contributed by atoms with Gasteiger partial charge in [-0.3, -0.25) is 14.2 Å². The highest BCUT2D eigenvalue weighted by molar-refractivity contribution is 7.20. The first kappa shape index (κ1) is 22.4. The van der Waals surface area contributed by atoms with E-state index in [1.807, 2.05) is 67.6 Å². The van der Waals surface area contributed by atoms with Crippen molar-refractivity contribution in [1.82, 2.24) is 14.9 Å². The van der Waals surface area contributed by atoms with Gasteiger partial charge in [-0.15, -0.1) is 11.3 Å². The smallest absolute Gasteiger partial charge is 0.349 e. The van der Waals surface area contributed by atoms with Crippen molar-refractivity contribution >= 4 is 33.4 Å². The average Bonchev–Trinajstić information content (AvgIpc) is 3.17. The summed E-state index contributed by atoms with van der Waals surface area (Å²) in [7, 11) is 0. The van der Waals surface area contributed by atoms with Gasteiger partial charge in [0.1, 0.15) is 22.9 Å². The summed E-state index contributed by atoms with van der Waals surface area (Å²) in [5.41, 5.74) is 2.00. The van der Waals surface area contributed by atoms with Crippen LogP contribution < -0.4 is 10.9 Å². The number of nitrogens with zero attached hydrogens (tertiary/aromatic N) is 2. The number of aryl methyl sites for hydroxylation is 1. The van der Waals surface area contributed by atoms with Gasteiger partial charge in [-0.1, -0.05) is 60.7 Å². The fraction of sp³-hybridized carbons (Fsp3) is 0.200. The second-order valence-corrected chi connectivity index (χ2v) is 8.67. The van der Waals surface area contributed by atoms with Crippen LogP contribution in [-0.4, -0.2) is 21.4 Å². The fourth-order valence-corrected chi connectivity index (χ4v) is 4.56. The molecule has 1 atom stereocenters. The van der Waals surface area contributed by atoms with Crippen molar-refractivity contribution in [2.75, 3.05) is 0 Å². The minimum atomic E-state index is -0.500. The van der Waals surface area contributed by atoms with E-state index in [0.717, 1.165) is 22.5 Å². The van der Waals surface area contributed by atoms with Crippen LogP contribution in [0.25, 0.3) is 10.2 Å².